The molecule has 6 nitrogen and oxygen atoms in total. The summed E-state index contributed by atoms with van der Waals surface area (Å²) >= 11 is 0. The van der Waals surface area contributed by atoms with Crippen LogP contribution in [0.15, 0.2) is 18.2 Å². The Morgan fingerprint density at radius 3 is 2.78 bits per heavy atom. The SMILES string of the molecule is Cc1cccc(CN(C)C(=O)C(=O)NCCN)n1. The topological polar surface area (TPSA) is 88.3 Å². The molecule has 1 rings (SSSR count). The first-order valence-corrected chi connectivity index (χ1v) is 5.70. The average molecular weight is 250 g/mol. The van der Waals surface area contributed by atoms with Crippen molar-refractivity contribution in [2.75, 3.05) is 20.1 Å². The van der Waals surface area contributed by atoms with Crippen molar-refractivity contribution in [2.45, 2.75) is 13.5 Å². The van der Waals surface area contributed by atoms with Gasteiger partial charge in [-0.3, -0.25) is 14.6 Å². The van der Waals surface area contributed by atoms with Crippen molar-refractivity contribution in [3.63, 3.8) is 0 Å². The Morgan fingerprint density at radius 2 is 2.17 bits per heavy atom. The van der Waals surface area contributed by atoms with Gasteiger partial charge in [-0.1, -0.05) is 6.07 Å². The maximum absolute atomic E-state index is 11.7. The normalized spacial score (nSPS) is 9.94. The van der Waals surface area contributed by atoms with E-state index in [2.05, 4.69) is 10.3 Å². The zero-order valence-corrected chi connectivity index (χ0v) is 10.6. The number of hydrogen-bond donors (Lipinski definition) is 2. The first-order chi connectivity index (χ1) is 8.54. The molecular weight excluding hydrogens is 232 g/mol. The van der Waals surface area contributed by atoms with Gasteiger partial charge in [0.15, 0.2) is 0 Å². The van der Waals surface area contributed by atoms with E-state index >= 15 is 0 Å². The molecule has 0 bridgehead atoms. The molecular formula is C12H18N4O2. The van der Waals surface area contributed by atoms with E-state index in [1.165, 1.54) is 4.90 Å². The van der Waals surface area contributed by atoms with Crippen molar-refractivity contribution in [3.05, 3.63) is 29.6 Å². The van der Waals surface area contributed by atoms with Gasteiger partial charge in [0.1, 0.15) is 0 Å². The molecule has 0 spiro atoms. The first kappa shape index (κ1) is 14.1. The lowest BCUT2D eigenvalue weighted by molar-refractivity contribution is -0.145. The lowest BCUT2D eigenvalue weighted by Gasteiger charge is -2.16. The molecule has 2 amide bonds. The summed E-state index contributed by atoms with van der Waals surface area (Å²) in [6, 6.07) is 5.55. The van der Waals surface area contributed by atoms with Crippen LogP contribution in [0, 0.1) is 6.92 Å². The highest BCUT2D eigenvalue weighted by molar-refractivity contribution is 6.34. The van der Waals surface area contributed by atoms with Gasteiger partial charge in [0.05, 0.1) is 12.2 Å². The van der Waals surface area contributed by atoms with Crippen LogP contribution in [0.2, 0.25) is 0 Å². The quantitative estimate of drug-likeness (QED) is 0.700. The highest BCUT2D eigenvalue weighted by Crippen LogP contribution is 2.02. The van der Waals surface area contributed by atoms with Crippen molar-refractivity contribution in [1.82, 2.24) is 15.2 Å². The van der Waals surface area contributed by atoms with Gasteiger partial charge in [-0.25, -0.2) is 0 Å². The van der Waals surface area contributed by atoms with Gasteiger partial charge in [0.2, 0.25) is 0 Å². The lowest BCUT2D eigenvalue weighted by atomic mass is 10.3. The standard InChI is InChI=1S/C12H18N4O2/c1-9-4-3-5-10(15-9)8-16(2)12(18)11(17)14-7-6-13/h3-5H,6-8,13H2,1-2H3,(H,14,17). The van der Waals surface area contributed by atoms with E-state index < -0.39 is 11.8 Å². The summed E-state index contributed by atoms with van der Waals surface area (Å²) in [6.45, 7) is 2.78. The summed E-state index contributed by atoms with van der Waals surface area (Å²) in [5.41, 5.74) is 6.87. The number of pyridine rings is 1. The van der Waals surface area contributed by atoms with E-state index in [0.717, 1.165) is 11.4 Å². The predicted molar refractivity (Wildman–Crippen MR) is 67.5 cm³/mol. The molecule has 1 aromatic rings. The van der Waals surface area contributed by atoms with Crippen LogP contribution in [-0.4, -0.2) is 41.8 Å². The van der Waals surface area contributed by atoms with Gasteiger partial charge in [0, 0.05) is 25.8 Å². The number of aryl methyl sites for hydroxylation is 1. The number of amides is 2. The van der Waals surface area contributed by atoms with Crippen LogP contribution in [0.1, 0.15) is 11.4 Å². The van der Waals surface area contributed by atoms with Gasteiger partial charge >= 0.3 is 11.8 Å². The minimum atomic E-state index is -0.643. The Hall–Kier alpha value is -1.95. The van der Waals surface area contributed by atoms with Crippen molar-refractivity contribution >= 4 is 11.8 Å². The second kappa shape index (κ2) is 6.70. The summed E-state index contributed by atoms with van der Waals surface area (Å²) in [5, 5.41) is 2.43. The van der Waals surface area contributed by atoms with E-state index in [9.17, 15) is 9.59 Å². The summed E-state index contributed by atoms with van der Waals surface area (Å²) in [6.07, 6.45) is 0. The smallest absolute Gasteiger partial charge is 0.311 e. The monoisotopic (exact) mass is 250 g/mol. The number of carbonyl (C=O) groups is 2. The third-order valence-electron chi connectivity index (χ3n) is 2.32. The van der Waals surface area contributed by atoms with E-state index in [0.29, 0.717) is 19.6 Å². The number of aromatic nitrogens is 1. The molecule has 3 N–H and O–H groups in total. The van der Waals surface area contributed by atoms with Gasteiger partial charge in [0.25, 0.3) is 0 Å². The fourth-order valence-electron chi connectivity index (χ4n) is 1.44. The Labute approximate surface area is 106 Å². The molecule has 1 aromatic heterocycles. The Morgan fingerprint density at radius 1 is 1.44 bits per heavy atom. The molecule has 0 fully saturated rings. The molecule has 98 valence electrons. The number of nitrogens with one attached hydrogen (secondary N) is 1. The predicted octanol–water partition coefficient (Wildman–Crippen LogP) is -0.577. The second-order valence-electron chi connectivity index (χ2n) is 3.98. The fraction of sp³-hybridized carbons (Fsp3) is 0.417. The molecule has 0 radical (unpaired) electrons. The van der Waals surface area contributed by atoms with E-state index in [1.54, 1.807) is 7.05 Å². The van der Waals surface area contributed by atoms with Crippen LogP contribution >= 0.6 is 0 Å². The summed E-state index contributed by atoms with van der Waals surface area (Å²) in [5.74, 6) is -1.23. The van der Waals surface area contributed by atoms with E-state index in [-0.39, 0.29) is 0 Å². The largest absolute Gasteiger partial charge is 0.347 e. The molecule has 0 aromatic carbocycles. The van der Waals surface area contributed by atoms with Crippen molar-refractivity contribution in [1.29, 1.82) is 0 Å². The molecule has 0 saturated heterocycles. The van der Waals surface area contributed by atoms with Gasteiger partial charge in [-0.2, -0.15) is 0 Å². The highest BCUT2D eigenvalue weighted by Gasteiger charge is 2.18. The zero-order valence-electron chi connectivity index (χ0n) is 10.6. The third kappa shape index (κ3) is 4.14. The molecule has 0 aliphatic heterocycles. The van der Waals surface area contributed by atoms with Crippen LogP contribution in [-0.2, 0) is 16.1 Å². The van der Waals surface area contributed by atoms with Crippen LogP contribution in [0.5, 0.6) is 0 Å². The molecule has 0 aliphatic carbocycles. The fourth-order valence-corrected chi connectivity index (χ4v) is 1.44. The van der Waals surface area contributed by atoms with Crippen molar-refractivity contribution < 1.29 is 9.59 Å². The molecule has 0 atom stereocenters. The first-order valence-electron chi connectivity index (χ1n) is 5.70. The number of nitrogens with zero attached hydrogens (tertiary/aromatic N) is 2. The molecule has 0 aliphatic rings. The Balaban J connectivity index is 2.57. The minimum Gasteiger partial charge on any atom is -0.347 e. The zero-order chi connectivity index (χ0) is 13.5. The maximum atomic E-state index is 11.7. The van der Waals surface area contributed by atoms with Crippen LogP contribution in [0.3, 0.4) is 0 Å². The van der Waals surface area contributed by atoms with Gasteiger partial charge in [-0.05, 0) is 19.1 Å². The minimum absolute atomic E-state index is 0.293. The summed E-state index contributed by atoms with van der Waals surface area (Å²) in [4.78, 5) is 28.7. The van der Waals surface area contributed by atoms with Crippen LogP contribution in [0.4, 0.5) is 0 Å². The van der Waals surface area contributed by atoms with E-state index in [1.807, 2.05) is 25.1 Å². The number of hydrogen-bond acceptors (Lipinski definition) is 4. The van der Waals surface area contributed by atoms with Crippen LogP contribution < -0.4 is 11.1 Å². The molecule has 1 heterocycles. The number of rotatable bonds is 4. The number of carbonyl (C=O) groups excluding carboxylic acids is 2. The lowest BCUT2D eigenvalue weighted by Crippen LogP contribution is -2.42. The van der Waals surface area contributed by atoms with Crippen LogP contribution in [0.25, 0.3) is 0 Å². The summed E-state index contributed by atoms with van der Waals surface area (Å²) in [7, 11) is 1.56. The van der Waals surface area contributed by atoms with Crippen molar-refractivity contribution in [2.24, 2.45) is 5.73 Å². The van der Waals surface area contributed by atoms with Crippen molar-refractivity contribution in [3.8, 4) is 0 Å². The van der Waals surface area contributed by atoms with Gasteiger partial charge < -0.3 is 16.0 Å². The van der Waals surface area contributed by atoms with Gasteiger partial charge in [-0.15, -0.1) is 0 Å². The number of likely N-dealkylation sites (N-methyl/N-ethyl adjacent to an activating group) is 1. The molecule has 6 heteroatoms. The Bertz CT molecular complexity index is 434. The maximum Gasteiger partial charge on any atom is 0.311 e. The number of nitrogens with two attached hydrogens (primary N) is 1. The highest BCUT2D eigenvalue weighted by atomic mass is 16.2. The molecule has 0 unspecified atom stereocenters. The third-order valence-corrected chi connectivity index (χ3v) is 2.32. The second-order valence-corrected chi connectivity index (χ2v) is 3.98. The average Bonchev–Trinajstić information content (AvgIpc) is 2.35. The molecule has 0 saturated carbocycles. The molecule has 18 heavy (non-hydrogen) atoms. The Kier molecular flexibility index (Phi) is 5.26. The van der Waals surface area contributed by atoms with E-state index in [4.69, 9.17) is 5.73 Å². The summed E-state index contributed by atoms with van der Waals surface area (Å²) < 4.78 is 0.